The van der Waals surface area contributed by atoms with Gasteiger partial charge in [0, 0.05) is 5.75 Å². The maximum atomic E-state index is 13.9. The molecule has 0 aromatic heterocycles. The van der Waals surface area contributed by atoms with E-state index < -0.39 is 0 Å². The average Bonchev–Trinajstić information content (AvgIpc) is 2.84. The Hall–Kier alpha value is -3.18. The molecule has 164 valence electrons. The molecule has 0 aliphatic carbocycles. The molecule has 0 saturated heterocycles. The van der Waals surface area contributed by atoms with Crippen LogP contribution in [-0.2, 0) is 0 Å². The Morgan fingerprint density at radius 1 is 0.606 bits per heavy atom. The van der Waals surface area contributed by atoms with Crippen LogP contribution in [0.5, 0.6) is 0 Å². The van der Waals surface area contributed by atoms with Crippen LogP contribution < -0.4 is 10.9 Å². The van der Waals surface area contributed by atoms with E-state index in [-0.39, 0.29) is 24.2 Å². The lowest BCUT2D eigenvalue weighted by atomic mass is 9.34. The van der Waals surface area contributed by atoms with Gasteiger partial charge in [-0.2, -0.15) is 11.8 Å². The number of hydrogen-bond donors (Lipinski definition) is 0. The summed E-state index contributed by atoms with van der Waals surface area (Å²) in [5.74, 6) is -0.243. The van der Waals surface area contributed by atoms with Crippen molar-refractivity contribution < 1.29 is 13.2 Å². The first-order valence-electron chi connectivity index (χ1n) is 10.6. The van der Waals surface area contributed by atoms with Gasteiger partial charge >= 0.3 is 0 Å². The molecule has 0 N–H and O–H groups in total. The molecule has 0 fully saturated rings. The summed E-state index contributed by atoms with van der Waals surface area (Å²) in [4.78, 5) is 0. The fraction of sp³-hybridized carbons (Fsp3) is 0.0714. The largest absolute Gasteiger partial charge is 0.242 e. The Balaban J connectivity index is 2.05. The molecule has 0 atom stereocenters. The van der Waals surface area contributed by atoms with Gasteiger partial charge < -0.3 is 0 Å². The molecular formula is C28H22BF3S. The highest BCUT2D eigenvalue weighted by Crippen LogP contribution is 2.31. The molecule has 0 saturated carbocycles. The highest BCUT2D eigenvalue weighted by atomic mass is 32.2. The number of benzene rings is 4. The number of hydrogen-bond acceptors (Lipinski definition) is 1. The summed E-state index contributed by atoms with van der Waals surface area (Å²) in [5, 5.41) is 0. The molecule has 0 aliphatic rings. The lowest BCUT2D eigenvalue weighted by molar-refractivity contribution is 0.627. The normalized spacial score (nSPS) is 11.8. The molecule has 4 rings (SSSR count). The second-order valence-corrected chi connectivity index (χ2v) is 8.60. The molecule has 0 unspecified atom stereocenters. The minimum Gasteiger partial charge on any atom is -0.207 e. The van der Waals surface area contributed by atoms with Crippen molar-refractivity contribution in [3.63, 3.8) is 0 Å². The predicted octanol–water partition coefficient (Wildman–Crippen LogP) is 6.23. The SMILES string of the molecule is CSC/C(=C(\B(c1ccc(F)cc1)c1ccc(F)cc1)c1ccc(F)cc1)c1ccccc1. The smallest absolute Gasteiger partial charge is 0.207 e. The first-order valence-corrected chi connectivity index (χ1v) is 12.0. The van der Waals surface area contributed by atoms with Crippen LogP contribution in [0.1, 0.15) is 11.1 Å². The third kappa shape index (κ3) is 5.43. The van der Waals surface area contributed by atoms with E-state index >= 15 is 0 Å². The van der Waals surface area contributed by atoms with Crippen molar-refractivity contribution in [1.29, 1.82) is 0 Å². The van der Waals surface area contributed by atoms with Gasteiger partial charge in [-0.3, -0.25) is 0 Å². The van der Waals surface area contributed by atoms with Crippen LogP contribution >= 0.6 is 11.8 Å². The maximum Gasteiger partial charge on any atom is 0.242 e. The van der Waals surface area contributed by atoms with Crippen LogP contribution in [0.25, 0.3) is 11.0 Å². The van der Waals surface area contributed by atoms with Crippen LogP contribution in [0, 0.1) is 17.5 Å². The summed E-state index contributed by atoms with van der Waals surface area (Å²) < 4.78 is 41.5. The predicted molar refractivity (Wildman–Crippen MR) is 136 cm³/mol. The molecule has 33 heavy (non-hydrogen) atoms. The van der Waals surface area contributed by atoms with Crippen molar-refractivity contribution in [2.24, 2.45) is 0 Å². The Kier molecular flexibility index (Phi) is 7.41. The van der Waals surface area contributed by atoms with Crippen molar-refractivity contribution in [2.75, 3.05) is 12.0 Å². The summed E-state index contributed by atoms with van der Waals surface area (Å²) in [6, 6.07) is 29.3. The van der Waals surface area contributed by atoms with E-state index in [9.17, 15) is 13.2 Å². The monoisotopic (exact) mass is 458 g/mol. The van der Waals surface area contributed by atoms with Gasteiger partial charge in [-0.25, -0.2) is 13.2 Å². The van der Waals surface area contributed by atoms with Gasteiger partial charge in [0.05, 0.1) is 0 Å². The fourth-order valence-corrected chi connectivity index (χ4v) is 4.69. The maximum absolute atomic E-state index is 13.9. The van der Waals surface area contributed by atoms with E-state index in [0.717, 1.165) is 38.9 Å². The van der Waals surface area contributed by atoms with Crippen LogP contribution in [0.3, 0.4) is 0 Å². The zero-order chi connectivity index (χ0) is 23.2. The highest BCUT2D eigenvalue weighted by Gasteiger charge is 2.28. The molecule has 0 radical (unpaired) electrons. The Morgan fingerprint density at radius 3 is 1.52 bits per heavy atom. The molecule has 0 bridgehead atoms. The van der Waals surface area contributed by atoms with E-state index in [4.69, 9.17) is 0 Å². The number of halogens is 3. The van der Waals surface area contributed by atoms with E-state index in [1.807, 2.05) is 24.5 Å². The van der Waals surface area contributed by atoms with Crippen LogP contribution in [0.4, 0.5) is 13.2 Å². The summed E-state index contributed by atoms with van der Waals surface area (Å²) in [7, 11) is 0. The molecule has 0 heterocycles. The molecule has 4 aromatic rings. The zero-order valence-electron chi connectivity index (χ0n) is 18.1. The van der Waals surface area contributed by atoms with Gasteiger partial charge in [0.25, 0.3) is 0 Å². The molecule has 5 heteroatoms. The van der Waals surface area contributed by atoms with Crippen LogP contribution in [0.15, 0.2) is 103 Å². The zero-order valence-corrected chi connectivity index (χ0v) is 19.0. The van der Waals surface area contributed by atoms with Gasteiger partial charge in [-0.05, 0) is 59.4 Å². The third-order valence-electron chi connectivity index (χ3n) is 5.59. The van der Waals surface area contributed by atoms with E-state index in [0.29, 0.717) is 0 Å². The Labute approximate surface area is 197 Å². The molecule has 0 aliphatic heterocycles. The quantitative estimate of drug-likeness (QED) is 0.234. The standard InChI is InChI=1S/C28H22BF3S/c1-33-19-27(20-5-3-2-4-6-20)28(21-7-13-24(30)14-8-21)29(22-9-15-25(31)16-10-22)23-11-17-26(32)18-12-23/h2-18H,19H2,1H3/b28-27+. The van der Waals surface area contributed by atoms with Crippen molar-refractivity contribution in [3.8, 4) is 0 Å². The Morgan fingerprint density at radius 2 is 1.06 bits per heavy atom. The minimum atomic E-state index is -0.323. The Bertz CT molecular complexity index is 1170. The summed E-state index contributed by atoms with van der Waals surface area (Å²) >= 11 is 1.69. The second kappa shape index (κ2) is 10.6. The summed E-state index contributed by atoms with van der Waals surface area (Å²) in [6.45, 7) is -0.306. The van der Waals surface area contributed by atoms with Gasteiger partial charge in [-0.15, -0.1) is 0 Å². The number of thioether (sulfide) groups is 1. The van der Waals surface area contributed by atoms with E-state index in [2.05, 4.69) is 12.1 Å². The first-order chi connectivity index (χ1) is 16.1. The van der Waals surface area contributed by atoms with E-state index in [1.165, 1.54) is 36.4 Å². The van der Waals surface area contributed by atoms with Gasteiger partial charge in [0.1, 0.15) is 17.5 Å². The van der Waals surface area contributed by atoms with Crippen molar-refractivity contribution in [2.45, 2.75) is 0 Å². The van der Waals surface area contributed by atoms with Crippen molar-refractivity contribution in [1.82, 2.24) is 0 Å². The van der Waals surface area contributed by atoms with Gasteiger partial charge in [0.2, 0.25) is 6.71 Å². The molecular weight excluding hydrogens is 436 g/mol. The number of rotatable bonds is 7. The summed E-state index contributed by atoms with van der Waals surface area (Å²) in [6.07, 6.45) is 2.04. The molecule has 0 nitrogen and oxygen atoms in total. The minimum absolute atomic E-state index is 0.306. The average molecular weight is 458 g/mol. The lowest BCUT2D eigenvalue weighted by Crippen LogP contribution is -2.44. The molecule has 0 amide bonds. The van der Waals surface area contributed by atoms with Crippen molar-refractivity contribution >= 4 is 40.4 Å². The summed E-state index contributed by atoms with van der Waals surface area (Å²) in [5.41, 5.74) is 5.74. The lowest BCUT2D eigenvalue weighted by Gasteiger charge is -2.24. The highest BCUT2D eigenvalue weighted by molar-refractivity contribution is 7.99. The van der Waals surface area contributed by atoms with Crippen LogP contribution in [0.2, 0.25) is 0 Å². The molecule has 0 spiro atoms. The van der Waals surface area contributed by atoms with Crippen molar-refractivity contribution in [3.05, 3.63) is 132 Å². The first kappa shape index (κ1) is 23.0. The topological polar surface area (TPSA) is 0 Å². The third-order valence-corrected chi connectivity index (χ3v) is 6.16. The fourth-order valence-electron chi connectivity index (χ4n) is 4.08. The van der Waals surface area contributed by atoms with Crippen LogP contribution in [-0.4, -0.2) is 18.7 Å². The van der Waals surface area contributed by atoms with E-state index in [1.54, 1.807) is 48.2 Å². The van der Waals surface area contributed by atoms with Gasteiger partial charge in [-0.1, -0.05) is 83.1 Å². The second-order valence-electron chi connectivity index (χ2n) is 7.73. The van der Waals surface area contributed by atoms with Gasteiger partial charge in [0.15, 0.2) is 0 Å². The molecule has 4 aromatic carbocycles.